The van der Waals surface area contributed by atoms with Gasteiger partial charge < -0.3 is 20.3 Å². The smallest absolute Gasteiger partial charge is 0.329 e. The van der Waals surface area contributed by atoms with Gasteiger partial charge in [-0.25, -0.2) is 14.2 Å². The number of nitrogens with one attached hydrogen (secondary N) is 1. The van der Waals surface area contributed by atoms with Crippen LogP contribution in [0, 0.1) is 5.82 Å². The number of aromatic hydroxyl groups is 1. The number of nitrogens with zero attached hydrogens (tertiary/aromatic N) is 3. The van der Waals surface area contributed by atoms with Crippen LogP contribution >= 0.6 is 0 Å². The van der Waals surface area contributed by atoms with E-state index in [0.29, 0.717) is 56.8 Å². The van der Waals surface area contributed by atoms with Crippen molar-refractivity contribution in [3.05, 3.63) is 58.3 Å². The van der Waals surface area contributed by atoms with E-state index in [1.807, 2.05) is 0 Å². The van der Waals surface area contributed by atoms with E-state index >= 15 is 0 Å². The van der Waals surface area contributed by atoms with Crippen molar-refractivity contribution in [2.45, 2.75) is 44.2 Å². The second-order valence-corrected chi connectivity index (χ2v) is 10.1. The number of hydrogen-bond donors (Lipinski definition) is 3. The van der Waals surface area contributed by atoms with Gasteiger partial charge in [0.05, 0.1) is 18.6 Å². The average Bonchev–Trinajstić information content (AvgIpc) is 2.94. The van der Waals surface area contributed by atoms with Crippen molar-refractivity contribution >= 4 is 22.9 Å². The number of carbonyl (C=O) groups excluding carboxylic acids is 1. The highest BCUT2D eigenvalue weighted by atomic mass is 19.1. The van der Waals surface area contributed by atoms with E-state index in [9.17, 15) is 29.0 Å². The van der Waals surface area contributed by atoms with Crippen LogP contribution in [-0.2, 0) is 16.1 Å². The number of hydrogen-bond acceptors (Lipinski definition) is 7. The highest BCUT2D eigenvalue weighted by Crippen LogP contribution is 2.32. The van der Waals surface area contributed by atoms with Crippen LogP contribution < -0.4 is 10.9 Å². The minimum absolute atomic E-state index is 0.163. The van der Waals surface area contributed by atoms with E-state index in [0.717, 1.165) is 6.42 Å². The third-order valence-electron chi connectivity index (χ3n) is 7.69. The molecule has 0 bridgehead atoms. The Hall–Kier alpha value is -3.83. The number of carboxylic acid groups (broad SMARTS) is 1. The van der Waals surface area contributed by atoms with Crippen molar-refractivity contribution < 1.29 is 28.9 Å². The van der Waals surface area contributed by atoms with E-state index in [-0.39, 0.29) is 30.4 Å². The summed E-state index contributed by atoms with van der Waals surface area (Å²) in [6.45, 7) is 3.24. The van der Waals surface area contributed by atoms with Gasteiger partial charge in [0, 0.05) is 37.9 Å². The molecule has 0 spiro atoms. The highest BCUT2D eigenvalue weighted by Gasteiger charge is 2.42. The second kappa shape index (κ2) is 11.1. The van der Waals surface area contributed by atoms with Crippen molar-refractivity contribution in [3.63, 3.8) is 0 Å². The molecule has 2 aliphatic rings. The SMILES string of the molecule is O=C(NC1(C(=O)O)CCCCC1)c1c(O)c2cc(-c3ccc(F)cc3)cnc2n(CCN2CCOCC2)c1=O. The van der Waals surface area contributed by atoms with Gasteiger partial charge >= 0.3 is 5.97 Å². The molecule has 11 heteroatoms. The van der Waals surface area contributed by atoms with E-state index in [1.54, 1.807) is 18.2 Å². The Balaban J connectivity index is 1.60. The van der Waals surface area contributed by atoms with Crippen LogP contribution in [0.15, 0.2) is 41.3 Å². The fraction of sp³-hybridized carbons (Fsp3) is 0.429. The lowest BCUT2D eigenvalue weighted by Crippen LogP contribution is -2.56. The number of amides is 1. The van der Waals surface area contributed by atoms with Crippen molar-refractivity contribution in [2.75, 3.05) is 32.8 Å². The summed E-state index contributed by atoms with van der Waals surface area (Å²) >= 11 is 0. The maximum absolute atomic E-state index is 13.7. The van der Waals surface area contributed by atoms with Gasteiger partial charge in [-0.05, 0) is 36.6 Å². The maximum Gasteiger partial charge on any atom is 0.329 e. The molecule has 2 aromatic heterocycles. The molecular weight excluding hydrogens is 507 g/mol. The summed E-state index contributed by atoms with van der Waals surface area (Å²) in [5.41, 5.74) is -1.39. The van der Waals surface area contributed by atoms with Crippen molar-refractivity contribution in [3.8, 4) is 16.9 Å². The molecule has 3 aromatic rings. The second-order valence-electron chi connectivity index (χ2n) is 10.1. The molecule has 1 saturated carbocycles. The zero-order valence-corrected chi connectivity index (χ0v) is 21.5. The molecule has 1 amide bonds. The Labute approximate surface area is 224 Å². The maximum atomic E-state index is 13.7. The van der Waals surface area contributed by atoms with Crippen molar-refractivity contribution in [2.24, 2.45) is 0 Å². The summed E-state index contributed by atoms with van der Waals surface area (Å²) in [7, 11) is 0. The molecule has 5 rings (SSSR count). The number of aliphatic carboxylic acids is 1. The molecule has 3 heterocycles. The summed E-state index contributed by atoms with van der Waals surface area (Å²) in [5, 5.41) is 24.0. The minimum atomic E-state index is -1.50. The molecule has 2 fully saturated rings. The van der Waals surface area contributed by atoms with Crippen LogP contribution in [0.3, 0.4) is 0 Å². The quantitative estimate of drug-likeness (QED) is 0.418. The summed E-state index contributed by atoms with van der Waals surface area (Å²) in [4.78, 5) is 46.0. The molecule has 1 aliphatic carbocycles. The normalized spacial score (nSPS) is 17.7. The summed E-state index contributed by atoms with van der Waals surface area (Å²) in [6, 6.07) is 7.34. The van der Waals surface area contributed by atoms with Crippen LogP contribution in [0.1, 0.15) is 42.5 Å². The first kappa shape index (κ1) is 26.8. The number of ether oxygens (including phenoxy) is 1. The number of morpholine rings is 1. The molecular formula is C28H31FN4O6. The monoisotopic (exact) mass is 538 g/mol. The predicted molar refractivity (Wildman–Crippen MR) is 141 cm³/mol. The standard InChI is InChI=1S/C28H31FN4O6/c29-20-6-4-18(5-7-20)19-16-21-23(34)22(25(35)31-28(27(37)38)8-2-1-3-9-28)26(36)33(24(21)30-17-19)11-10-32-12-14-39-15-13-32/h4-7,16-17,34H,1-3,8-15H2,(H,31,35)(H,37,38). The number of carboxylic acids is 1. The Morgan fingerprint density at radius 2 is 1.74 bits per heavy atom. The van der Waals surface area contributed by atoms with Gasteiger partial charge in [0.15, 0.2) is 0 Å². The molecule has 1 saturated heterocycles. The van der Waals surface area contributed by atoms with E-state index in [2.05, 4.69) is 15.2 Å². The van der Waals surface area contributed by atoms with Gasteiger partial charge in [-0.15, -0.1) is 0 Å². The zero-order chi connectivity index (χ0) is 27.6. The van der Waals surface area contributed by atoms with Crippen molar-refractivity contribution in [1.29, 1.82) is 0 Å². The summed E-state index contributed by atoms with van der Waals surface area (Å²) in [5.74, 6) is -3.07. The zero-order valence-electron chi connectivity index (χ0n) is 21.5. The third kappa shape index (κ3) is 5.37. The Morgan fingerprint density at radius 1 is 1.05 bits per heavy atom. The van der Waals surface area contributed by atoms with E-state index < -0.39 is 40.1 Å². The molecule has 0 atom stereocenters. The van der Waals surface area contributed by atoms with Crippen molar-refractivity contribution in [1.82, 2.24) is 19.8 Å². The fourth-order valence-electron chi connectivity index (χ4n) is 5.42. The molecule has 1 aromatic carbocycles. The largest absolute Gasteiger partial charge is 0.506 e. The lowest BCUT2D eigenvalue weighted by Gasteiger charge is -2.34. The van der Waals surface area contributed by atoms with Gasteiger partial charge in [-0.3, -0.25) is 19.1 Å². The number of fused-ring (bicyclic) bond motifs is 1. The highest BCUT2D eigenvalue weighted by molar-refractivity contribution is 6.04. The molecule has 10 nitrogen and oxygen atoms in total. The number of benzene rings is 1. The van der Waals surface area contributed by atoms with Gasteiger partial charge in [0.25, 0.3) is 11.5 Å². The Morgan fingerprint density at radius 3 is 2.41 bits per heavy atom. The molecule has 0 radical (unpaired) electrons. The Kier molecular flexibility index (Phi) is 7.62. The van der Waals surface area contributed by atoms with Gasteiger partial charge in [0.2, 0.25) is 0 Å². The first-order valence-corrected chi connectivity index (χ1v) is 13.2. The number of halogens is 1. The van der Waals surface area contributed by atoms with Crippen LogP contribution in [0.4, 0.5) is 4.39 Å². The average molecular weight is 539 g/mol. The summed E-state index contributed by atoms with van der Waals surface area (Å²) < 4.78 is 20.2. The predicted octanol–water partition coefficient (Wildman–Crippen LogP) is 2.76. The molecule has 0 unspecified atom stereocenters. The van der Waals surface area contributed by atoms with Gasteiger partial charge in [0.1, 0.15) is 28.3 Å². The van der Waals surface area contributed by atoms with E-state index in [1.165, 1.54) is 22.9 Å². The minimum Gasteiger partial charge on any atom is -0.506 e. The number of aromatic nitrogens is 2. The molecule has 39 heavy (non-hydrogen) atoms. The van der Waals surface area contributed by atoms with Crippen LogP contribution in [0.2, 0.25) is 0 Å². The third-order valence-corrected chi connectivity index (χ3v) is 7.69. The molecule has 206 valence electrons. The first-order valence-electron chi connectivity index (χ1n) is 13.2. The lowest BCUT2D eigenvalue weighted by atomic mass is 9.81. The van der Waals surface area contributed by atoms with Crippen LogP contribution in [-0.4, -0.2) is 74.9 Å². The topological polar surface area (TPSA) is 134 Å². The summed E-state index contributed by atoms with van der Waals surface area (Å²) in [6.07, 6.45) is 4.13. The molecule has 3 N–H and O–H groups in total. The molecule has 1 aliphatic heterocycles. The number of rotatable bonds is 7. The van der Waals surface area contributed by atoms with Gasteiger partial charge in [-0.1, -0.05) is 31.4 Å². The fourth-order valence-corrected chi connectivity index (χ4v) is 5.42. The first-order chi connectivity index (χ1) is 18.8. The Bertz CT molecular complexity index is 1440. The number of carbonyl (C=O) groups is 2. The number of pyridine rings is 2. The van der Waals surface area contributed by atoms with Crippen LogP contribution in [0.5, 0.6) is 5.75 Å². The lowest BCUT2D eigenvalue weighted by molar-refractivity contribution is -0.145. The van der Waals surface area contributed by atoms with Crippen LogP contribution in [0.25, 0.3) is 22.2 Å². The van der Waals surface area contributed by atoms with Gasteiger partial charge in [-0.2, -0.15) is 0 Å². The van der Waals surface area contributed by atoms with E-state index in [4.69, 9.17) is 4.74 Å².